The second-order valence-electron chi connectivity index (χ2n) is 7.32. The van der Waals surface area contributed by atoms with Crippen molar-refractivity contribution in [3.8, 4) is 0 Å². The van der Waals surface area contributed by atoms with Crippen molar-refractivity contribution in [3.63, 3.8) is 0 Å². The lowest BCUT2D eigenvalue weighted by Crippen LogP contribution is -2.56. The SMILES string of the molecule is O=C(NCCO)[C@H]1C[C@H]2CN(C(=O)c3ccn[nH]3)CC(=O)N2[C@H]1c1ccccc1. The molecule has 3 atom stereocenters. The molecule has 2 saturated heterocycles. The van der Waals surface area contributed by atoms with Crippen molar-refractivity contribution in [2.75, 3.05) is 26.2 Å². The van der Waals surface area contributed by atoms with Gasteiger partial charge in [0, 0.05) is 19.3 Å². The molecule has 9 heteroatoms. The van der Waals surface area contributed by atoms with Crippen LogP contribution in [0.25, 0.3) is 0 Å². The number of aromatic nitrogens is 2. The van der Waals surface area contributed by atoms with Crippen molar-refractivity contribution in [2.45, 2.75) is 18.5 Å². The molecule has 1 aromatic carbocycles. The van der Waals surface area contributed by atoms with Crippen molar-refractivity contribution in [3.05, 3.63) is 53.9 Å². The summed E-state index contributed by atoms with van der Waals surface area (Å²) in [5.41, 5.74) is 1.22. The van der Waals surface area contributed by atoms with Gasteiger partial charge in [-0.15, -0.1) is 0 Å². The van der Waals surface area contributed by atoms with Gasteiger partial charge in [-0.2, -0.15) is 5.10 Å². The molecule has 29 heavy (non-hydrogen) atoms. The molecule has 0 radical (unpaired) electrons. The van der Waals surface area contributed by atoms with Crippen molar-refractivity contribution in [1.82, 2.24) is 25.3 Å². The van der Waals surface area contributed by atoms with Crippen LogP contribution in [0.15, 0.2) is 42.6 Å². The molecule has 0 saturated carbocycles. The molecule has 2 aliphatic rings. The minimum atomic E-state index is -0.444. The topological polar surface area (TPSA) is 119 Å². The van der Waals surface area contributed by atoms with Crippen LogP contribution in [-0.2, 0) is 9.59 Å². The Labute approximate surface area is 167 Å². The monoisotopic (exact) mass is 397 g/mol. The Morgan fingerprint density at radius 1 is 1.24 bits per heavy atom. The average Bonchev–Trinajstić information content (AvgIpc) is 3.40. The Hall–Kier alpha value is -3.20. The van der Waals surface area contributed by atoms with Crippen molar-refractivity contribution in [2.24, 2.45) is 5.92 Å². The normalized spacial score (nSPS) is 23.8. The number of hydrogen-bond donors (Lipinski definition) is 3. The van der Waals surface area contributed by atoms with Crippen LogP contribution >= 0.6 is 0 Å². The molecule has 2 aromatic rings. The van der Waals surface area contributed by atoms with E-state index in [9.17, 15) is 14.4 Å². The molecule has 2 aliphatic heterocycles. The van der Waals surface area contributed by atoms with Gasteiger partial charge in [-0.25, -0.2) is 0 Å². The Balaban J connectivity index is 1.61. The Morgan fingerprint density at radius 2 is 2.03 bits per heavy atom. The van der Waals surface area contributed by atoms with E-state index >= 15 is 0 Å². The molecule has 3 heterocycles. The van der Waals surface area contributed by atoms with Gasteiger partial charge >= 0.3 is 0 Å². The zero-order valence-corrected chi connectivity index (χ0v) is 15.8. The van der Waals surface area contributed by atoms with Gasteiger partial charge in [0.05, 0.1) is 24.6 Å². The van der Waals surface area contributed by atoms with Crippen LogP contribution in [0.4, 0.5) is 0 Å². The molecule has 3 amide bonds. The summed E-state index contributed by atoms with van der Waals surface area (Å²) >= 11 is 0. The van der Waals surface area contributed by atoms with Crippen LogP contribution < -0.4 is 5.32 Å². The summed E-state index contributed by atoms with van der Waals surface area (Å²) in [5.74, 6) is -1.10. The number of aromatic amines is 1. The molecular formula is C20H23N5O4. The zero-order chi connectivity index (χ0) is 20.4. The largest absolute Gasteiger partial charge is 0.395 e. The molecule has 9 nitrogen and oxygen atoms in total. The van der Waals surface area contributed by atoms with E-state index in [0.29, 0.717) is 18.7 Å². The van der Waals surface area contributed by atoms with Gasteiger partial charge in [0.2, 0.25) is 11.8 Å². The fourth-order valence-corrected chi connectivity index (χ4v) is 4.35. The maximum atomic E-state index is 13.1. The number of aliphatic hydroxyl groups excluding tert-OH is 1. The van der Waals surface area contributed by atoms with Gasteiger partial charge in [0.15, 0.2) is 0 Å². The minimum Gasteiger partial charge on any atom is -0.395 e. The third-order valence-electron chi connectivity index (χ3n) is 5.55. The second-order valence-corrected chi connectivity index (χ2v) is 7.32. The molecule has 152 valence electrons. The van der Waals surface area contributed by atoms with Gasteiger partial charge in [0.25, 0.3) is 5.91 Å². The standard InChI is InChI=1S/C20H23N5O4/c26-9-8-21-19(28)15-10-14-11-24(20(29)16-6-7-22-23-16)12-17(27)25(14)18(15)13-4-2-1-3-5-13/h1-7,14-15,18,26H,8-12H2,(H,21,28)(H,22,23)/t14-,15-,18-/m0/s1. The van der Waals surface area contributed by atoms with E-state index in [2.05, 4.69) is 15.5 Å². The van der Waals surface area contributed by atoms with E-state index in [1.807, 2.05) is 30.3 Å². The fourth-order valence-electron chi connectivity index (χ4n) is 4.35. The number of piperazine rings is 1. The predicted molar refractivity (Wildman–Crippen MR) is 103 cm³/mol. The Bertz CT molecular complexity index is 886. The number of H-pyrrole nitrogens is 1. The first-order valence-corrected chi connectivity index (χ1v) is 9.63. The number of nitrogens with zero attached hydrogens (tertiary/aromatic N) is 3. The van der Waals surface area contributed by atoms with Gasteiger partial charge in [-0.1, -0.05) is 30.3 Å². The number of aliphatic hydroxyl groups is 1. The van der Waals surface area contributed by atoms with E-state index in [1.54, 1.807) is 11.0 Å². The van der Waals surface area contributed by atoms with E-state index < -0.39 is 12.0 Å². The van der Waals surface area contributed by atoms with Crippen LogP contribution in [0.1, 0.15) is 28.5 Å². The molecule has 0 bridgehead atoms. The lowest BCUT2D eigenvalue weighted by molar-refractivity contribution is -0.139. The fraction of sp³-hybridized carbons (Fsp3) is 0.400. The van der Waals surface area contributed by atoms with Gasteiger partial charge in [-0.05, 0) is 18.1 Å². The molecule has 2 fully saturated rings. The number of benzene rings is 1. The van der Waals surface area contributed by atoms with Crippen molar-refractivity contribution < 1.29 is 19.5 Å². The van der Waals surface area contributed by atoms with E-state index in [1.165, 1.54) is 11.1 Å². The van der Waals surface area contributed by atoms with Crippen molar-refractivity contribution in [1.29, 1.82) is 0 Å². The minimum absolute atomic E-state index is 0.0390. The zero-order valence-electron chi connectivity index (χ0n) is 15.8. The molecule has 0 unspecified atom stereocenters. The van der Waals surface area contributed by atoms with Crippen LogP contribution in [0.3, 0.4) is 0 Å². The number of carbonyl (C=O) groups is 3. The lowest BCUT2D eigenvalue weighted by atomic mass is 9.92. The van der Waals surface area contributed by atoms with E-state index in [0.717, 1.165) is 5.56 Å². The predicted octanol–water partition coefficient (Wildman–Crippen LogP) is -0.0676. The maximum Gasteiger partial charge on any atom is 0.272 e. The summed E-state index contributed by atoms with van der Waals surface area (Å²) < 4.78 is 0. The summed E-state index contributed by atoms with van der Waals surface area (Å²) in [7, 11) is 0. The number of nitrogens with one attached hydrogen (secondary N) is 2. The molecule has 3 N–H and O–H groups in total. The maximum absolute atomic E-state index is 13.1. The third kappa shape index (κ3) is 3.61. The smallest absolute Gasteiger partial charge is 0.272 e. The highest BCUT2D eigenvalue weighted by molar-refractivity contribution is 5.96. The summed E-state index contributed by atoms with van der Waals surface area (Å²) in [5, 5.41) is 18.2. The molecule has 0 spiro atoms. The van der Waals surface area contributed by atoms with Gasteiger partial charge < -0.3 is 20.2 Å². The third-order valence-corrected chi connectivity index (χ3v) is 5.55. The highest BCUT2D eigenvalue weighted by Gasteiger charge is 2.50. The first-order valence-electron chi connectivity index (χ1n) is 9.63. The summed E-state index contributed by atoms with van der Waals surface area (Å²) in [4.78, 5) is 41.8. The van der Waals surface area contributed by atoms with Crippen LogP contribution in [0, 0.1) is 5.92 Å². The number of carbonyl (C=O) groups excluding carboxylic acids is 3. The Morgan fingerprint density at radius 3 is 2.72 bits per heavy atom. The quantitative estimate of drug-likeness (QED) is 0.653. The molecular weight excluding hydrogens is 374 g/mol. The van der Waals surface area contributed by atoms with Crippen LogP contribution in [0.2, 0.25) is 0 Å². The highest BCUT2D eigenvalue weighted by Crippen LogP contribution is 2.43. The Kier molecular flexibility index (Phi) is 5.30. The van der Waals surface area contributed by atoms with Gasteiger partial charge in [-0.3, -0.25) is 19.5 Å². The average molecular weight is 397 g/mol. The highest BCUT2D eigenvalue weighted by atomic mass is 16.3. The second kappa shape index (κ2) is 8.04. The summed E-state index contributed by atoms with van der Waals surface area (Å²) in [6, 6.07) is 10.4. The van der Waals surface area contributed by atoms with E-state index in [4.69, 9.17) is 5.11 Å². The first-order chi connectivity index (χ1) is 14.1. The summed E-state index contributed by atoms with van der Waals surface area (Å²) in [6.07, 6.45) is 1.95. The molecule has 0 aliphatic carbocycles. The number of fused-ring (bicyclic) bond motifs is 1. The number of amides is 3. The first kappa shape index (κ1) is 19.1. The van der Waals surface area contributed by atoms with Crippen LogP contribution in [0.5, 0.6) is 0 Å². The van der Waals surface area contributed by atoms with E-state index in [-0.39, 0.29) is 43.5 Å². The number of rotatable bonds is 5. The van der Waals surface area contributed by atoms with Gasteiger partial charge in [0.1, 0.15) is 12.2 Å². The molecule has 4 rings (SSSR count). The van der Waals surface area contributed by atoms with Crippen molar-refractivity contribution >= 4 is 17.7 Å². The summed E-state index contributed by atoms with van der Waals surface area (Å²) in [6.45, 7) is 0.340. The lowest BCUT2D eigenvalue weighted by Gasteiger charge is -2.40. The molecule has 1 aromatic heterocycles. The van der Waals surface area contributed by atoms with Crippen LogP contribution in [-0.4, -0.2) is 75.1 Å². The number of hydrogen-bond acceptors (Lipinski definition) is 5.